The number of aromatic nitrogens is 1. The molecule has 0 atom stereocenters. The maximum absolute atomic E-state index is 10.7. The van der Waals surface area contributed by atoms with Crippen LogP contribution in [-0.2, 0) is 0 Å². The topological polar surface area (TPSA) is 83.2 Å². The van der Waals surface area contributed by atoms with Crippen LogP contribution in [0.3, 0.4) is 0 Å². The third-order valence-corrected chi connectivity index (χ3v) is 2.92. The third-order valence-electron chi connectivity index (χ3n) is 2.92. The maximum Gasteiger partial charge on any atom is 0.337 e. The molecule has 5 nitrogen and oxygen atoms in total. The second-order valence-corrected chi connectivity index (χ2v) is 4.34. The third kappa shape index (κ3) is 2.72. The Labute approximate surface area is 98.7 Å². The van der Waals surface area contributed by atoms with E-state index < -0.39 is 5.97 Å². The summed E-state index contributed by atoms with van der Waals surface area (Å²) in [5.41, 5.74) is 0.0844. The minimum Gasteiger partial charge on any atom is -0.491 e. The van der Waals surface area contributed by atoms with Crippen molar-refractivity contribution in [2.45, 2.75) is 19.3 Å². The quantitative estimate of drug-likeness (QED) is 0.837. The standard InChI is InChI=1S/C12H12N2O3/c13-4-3-12(1-2-12)8-17-10-5-9(11(15)16)6-14-7-10/h5-7H,1-3,8H2,(H,15,16). The molecule has 1 aliphatic rings. The van der Waals surface area contributed by atoms with Gasteiger partial charge in [-0.05, 0) is 18.9 Å². The van der Waals surface area contributed by atoms with Gasteiger partial charge in [-0.1, -0.05) is 0 Å². The number of hydrogen-bond acceptors (Lipinski definition) is 4. The molecule has 88 valence electrons. The fourth-order valence-electron chi connectivity index (χ4n) is 1.57. The van der Waals surface area contributed by atoms with Crippen molar-refractivity contribution in [1.82, 2.24) is 4.98 Å². The van der Waals surface area contributed by atoms with Crippen molar-refractivity contribution in [1.29, 1.82) is 5.26 Å². The second-order valence-electron chi connectivity index (χ2n) is 4.34. The van der Waals surface area contributed by atoms with Crippen LogP contribution in [0.5, 0.6) is 5.75 Å². The summed E-state index contributed by atoms with van der Waals surface area (Å²) in [4.78, 5) is 14.5. The van der Waals surface area contributed by atoms with Crippen molar-refractivity contribution in [3.63, 3.8) is 0 Å². The number of rotatable bonds is 5. The first-order chi connectivity index (χ1) is 8.15. The molecule has 2 rings (SSSR count). The van der Waals surface area contributed by atoms with Crippen molar-refractivity contribution in [2.24, 2.45) is 5.41 Å². The number of aromatic carboxylic acids is 1. The van der Waals surface area contributed by atoms with Crippen molar-refractivity contribution in [3.8, 4) is 11.8 Å². The number of hydrogen-bond donors (Lipinski definition) is 1. The number of ether oxygens (including phenoxy) is 1. The minimum atomic E-state index is -1.03. The fourth-order valence-corrected chi connectivity index (χ4v) is 1.57. The van der Waals surface area contributed by atoms with E-state index in [-0.39, 0.29) is 11.0 Å². The molecule has 5 heteroatoms. The molecule has 1 aromatic rings. The zero-order valence-electron chi connectivity index (χ0n) is 9.22. The van der Waals surface area contributed by atoms with Gasteiger partial charge in [0.2, 0.25) is 0 Å². The van der Waals surface area contributed by atoms with Crippen LogP contribution in [0.1, 0.15) is 29.6 Å². The summed E-state index contributed by atoms with van der Waals surface area (Å²) in [6, 6.07) is 3.59. The molecule has 0 saturated heterocycles. The molecule has 0 bridgehead atoms. The van der Waals surface area contributed by atoms with Gasteiger partial charge in [-0.3, -0.25) is 4.98 Å². The second kappa shape index (κ2) is 4.42. The Morgan fingerprint density at radius 2 is 2.35 bits per heavy atom. The first-order valence-corrected chi connectivity index (χ1v) is 5.33. The van der Waals surface area contributed by atoms with Gasteiger partial charge in [0.25, 0.3) is 0 Å². The smallest absolute Gasteiger partial charge is 0.337 e. The predicted octanol–water partition coefficient (Wildman–Crippen LogP) is 1.85. The Balaban J connectivity index is 1.98. The molecule has 1 N–H and O–H groups in total. The van der Waals surface area contributed by atoms with Crippen molar-refractivity contribution in [2.75, 3.05) is 6.61 Å². The number of pyridine rings is 1. The number of carbonyl (C=O) groups is 1. The van der Waals surface area contributed by atoms with E-state index in [1.807, 2.05) is 0 Å². The van der Waals surface area contributed by atoms with Crippen LogP contribution in [0.2, 0.25) is 0 Å². The summed E-state index contributed by atoms with van der Waals surface area (Å²) in [5.74, 6) is -0.588. The minimum absolute atomic E-state index is 0.0199. The van der Waals surface area contributed by atoms with Gasteiger partial charge in [0.1, 0.15) is 5.75 Å². The molecule has 1 aromatic heterocycles. The van der Waals surface area contributed by atoms with E-state index in [2.05, 4.69) is 11.1 Å². The monoisotopic (exact) mass is 232 g/mol. The average Bonchev–Trinajstić information content (AvgIpc) is 3.08. The van der Waals surface area contributed by atoms with Crippen LogP contribution >= 0.6 is 0 Å². The zero-order chi connectivity index (χ0) is 12.3. The number of carboxylic acids is 1. The van der Waals surface area contributed by atoms with Gasteiger partial charge in [-0.2, -0.15) is 5.26 Å². The SMILES string of the molecule is N#CCC1(COc2cncc(C(=O)O)c2)CC1. The summed E-state index contributed by atoms with van der Waals surface area (Å²) < 4.78 is 5.50. The van der Waals surface area contributed by atoms with Gasteiger partial charge >= 0.3 is 5.97 Å². The molecule has 0 spiro atoms. The predicted molar refractivity (Wildman–Crippen MR) is 58.6 cm³/mol. The highest BCUT2D eigenvalue weighted by Crippen LogP contribution is 2.48. The summed E-state index contributed by atoms with van der Waals surface area (Å²) >= 11 is 0. The Morgan fingerprint density at radius 3 is 2.94 bits per heavy atom. The summed E-state index contributed by atoms with van der Waals surface area (Å²) in [7, 11) is 0. The highest BCUT2D eigenvalue weighted by molar-refractivity contribution is 5.87. The largest absolute Gasteiger partial charge is 0.491 e. The summed E-state index contributed by atoms with van der Waals surface area (Å²) in [6.45, 7) is 0.450. The Hall–Kier alpha value is -2.09. The summed E-state index contributed by atoms with van der Waals surface area (Å²) in [5, 5.41) is 17.5. The Morgan fingerprint density at radius 1 is 1.59 bits per heavy atom. The molecule has 1 heterocycles. The van der Waals surface area contributed by atoms with E-state index in [1.165, 1.54) is 18.5 Å². The molecule has 0 unspecified atom stereocenters. The molecule has 0 aliphatic heterocycles. The molecular weight excluding hydrogens is 220 g/mol. The zero-order valence-corrected chi connectivity index (χ0v) is 9.22. The van der Waals surface area contributed by atoms with E-state index >= 15 is 0 Å². The number of nitrogens with zero attached hydrogens (tertiary/aromatic N) is 2. The van der Waals surface area contributed by atoms with Gasteiger partial charge < -0.3 is 9.84 Å². The average molecular weight is 232 g/mol. The van der Waals surface area contributed by atoms with E-state index in [0.717, 1.165) is 12.8 Å². The lowest BCUT2D eigenvalue weighted by molar-refractivity contribution is 0.0695. The normalized spacial score (nSPS) is 15.9. The Kier molecular flexibility index (Phi) is 2.96. The van der Waals surface area contributed by atoms with Crippen LogP contribution in [0.25, 0.3) is 0 Å². The van der Waals surface area contributed by atoms with E-state index in [1.54, 1.807) is 0 Å². The van der Waals surface area contributed by atoms with Gasteiger partial charge in [-0.25, -0.2) is 4.79 Å². The number of nitriles is 1. The lowest BCUT2D eigenvalue weighted by Gasteiger charge is -2.12. The molecule has 1 aliphatic carbocycles. The van der Waals surface area contributed by atoms with Crippen LogP contribution in [0.15, 0.2) is 18.5 Å². The van der Waals surface area contributed by atoms with Crippen LogP contribution in [0.4, 0.5) is 0 Å². The number of carboxylic acid groups (broad SMARTS) is 1. The van der Waals surface area contributed by atoms with Gasteiger partial charge in [0.15, 0.2) is 0 Å². The van der Waals surface area contributed by atoms with Crippen LogP contribution in [-0.4, -0.2) is 22.7 Å². The molecule has 1 saturated carbocycles. The van der Waals surface area contributed by atoms with Gasteiger partial charge in [0, 0.05) is 18.0 Å². The first kappa shape index (κ1) is 11.4. The molecular formula is C12H12N2O3. The maximum atomic E-state index is 10.7. The summed E-state index contributed by atoms with van der Waals surface area (Å²) in [6.07, 6.45) is 5.23. The van der Waals surface area contributed by atoms with Gasteiger partial charge in [0.05, 0.1) is 24.4 Å². The van der Waals surface area contributed by atoms with Crippen molar-refractivity contribution >= 4 is 5.97 Å². The lowest BCUT2D eigenvalue weighted by atomic mass is 10.1. The van der Waals surface area contributed by atoms with Crippen LogP contribution in [0, 0.1) is 16.7 Å². The highest BCUT2D eigenvalue weighted by Gasteiger charge is 2.43. The lowest BCUT2D eigenvalue weighted by Crippen LogP contribution is -2.12. The molecule has 17 heavy (non-hydrogen) atoms. The molecule has 1 fully saturated rings. The van der Waals surface area contributed by atoms with Crippen molar-refractivity contribution < 1.29 is 14.6 Å². The van der Waals surface area contributed by atoms with Crippen LogP contribution < -0.4 is 4.74 Å². The van der Waals surface area contributed by atoms with Crippen molar-refractivity contribution in [3.05, 3.63) is 24.0 Å². The van der Waals surface area contributed by atoms with E-state index in [9.17, 15) is 4.79 Å². The first-order valence-electron chi connectivity index (χ1n) is 5.33. The van der Waals surface area contributed by atoms with Gasteiger partial charge in [-0.15, -0.1) is 0 Å². The Bertz CT molecular complexity index is 475. The fraction of sp³-hybridized carbons (Fsp3) is 0.417. The highest BCUT2D eigenvalue weighted by atomic mass is 16.5. The molecule has 0 amide bonds. The van der Waals surface area contributed by atoms with E-state index in [4.69, 9.17) is 15.1 Å². The molecule has 0 aromatic carbocycles. The molecule has 0 radical (unpaired) electrons. The van der Waals surface area contributed by atoms with E-state index in [0.29, 0.717) is 18.8 Å².